The molecule has 0 aliphatic heterocycles. The van der Waals surface area contributed by atoms with Gasteiger partial charge in [-0.3, -0.25) is 4.79 Å². The zero-order valence-corrected chi connectivity index (χ0v) is 9.59. The van der Waals surface area contributed by atoms with E-state index in [2.05, 4.69) is 5.32 Å². The monoisotopic (exact) mass is 202 g/mol. The highest BCUT2D eigenvalue weighted by Crippen LogP contribution is 2.09. The number of likely N-dealkylation sites (N-methyl/N-ethyl adjacent to an activating group) is 1. The van der Waals surface area contributed by atoms with Crippen LogP contribution in [-0.2, 0) is 9.53 Å². The van der Waals surface area contributed by atoms with Gasteiger partial charge in [-0.15, -0.1) is 0 Å². The van der Waals surface area contributed by atoms with Crippen LogP contribution >= 0.6 is 0 Å². The van der Waals surface area contributed by atoms with E-state index in [0.717, 1.165) is 6.54 Å². The average molecular weight is 202 g/mol. The second-order valence-corrected chi connectivity index (χ2v) is 3.90. The Morgan fingerprint density at radius 3 is 2.50 bits per heavy atom. The molecule has 0 aromatic carbocycles. The van der Waals surface area contributed by atoms with E-state index in [4.69, 9.17) is 10.5 Å². The Bertz CT molecular complexity index is 183. The van der Waals surface area contributed by atoms with Gasteiger partial charge in [-0.1, -0.05) is 6.92 Å². The minimum atomic E-state index is -0.649. The van der Waals surface area contributed by atoms with Crippen molar-refractivity contribution in [2.45, 2.75) is 45.8 Å². The Hall–Kier alpha value is -0.610. The molecule has 0 spiro atoms. The van der Waals surface area contributed by atoms with Gasteiger partial charge >= 0.3 is 0 Å². The minimum Gasteiger partial charge on any atom is -0.379 e. The van der Waals surface area contributed by atoms with Crippen molar-refractivity contribution in [3.8, 4) is 0 Å². The topological polar surface area (TPSA) is 64.3 Å². The van der Waals surface area contributed by atoms with Gasteiger partial charge in [-0.05, 0) is 33.7 Å². The third-order valence-electron chi connectivity index (χ3n) is 2.16. The van der Waals surface area contributed by atoms with E-state index >= 15 is 0 Å². The van der Waals surface area contributed by atoms with E-state index < -0.39 is 5.54 Å². The number of primary amides is 1. The molecule has 4 nitrogen and oxygen atoms in total. The first kappa shape index (κ1) is 13.4. The third kappa shape index (κ3) is 4.58. The van der Waals surface area contributed by atoms with Gasteiger partial charge in [0.05, 0.1) is 11.6 Å². The summed E-state index contributed by atoms with van der Waals surface area (Å²) in [5.41, 5.74) is 4.67. The Morgan fingerprint density at radius 2 is 2.14 bits per heavy atom. The van der Waals surface area contributed by atoms with Gasteiger partial charge in [0.2, 0.25) is 5.91 Å². The molecule has 1 unspecified atom stereocenters. The molecule has 0 rings (SSSR count). The molecule has 0 radical (unpaired) electrons. The summed E-state index contributed by atoms with van der Waals surface area (Å²) < 4.78 is 5.39. The van der Waals surface area contributed by atoms with Crippen LogP contribution in [0, 0.1) is 0 Å². The number of amides is 1. The molecule has 0 aromatic heterocycles. The fourth-order valence-electron chi connectivity index (χ4n) is 1.19. The van der Waals surface area contributed by atoms with Crippen LogP contribution in [0.5, 0.6) is 0 Å². The smallest absolute Gasteiger partial charge is 0.237 e. The summed E-state index contributed by atoms with van der Waals surface area (Å²) in [4.78, 5) is 11.2. The molecule has 0 heterocycles. The van der Waals surface area contributed by atoms with Crippen molar-refractivity contribution in [2.24, 2.45) is 5.73 Å². The van der Waals surface area contributed by atoms with Gasteiger partial charge in [0, 0.05) is 6.61 Å². The molecule has 14 heavy (non-hydrogen) atoms. The lowest BCUT2D eigenvalue weighted by atomic mass is 9.97. The first-order valence-corrected chi connectivity index (χ1v) is 5.09. The van der Waals surface area contributed by atoms with Gasteiger partial charge in [-0.25, -0.2) is 0 Å². The van der Waals surface area contributed by atoms with Gasteiger partial charge in [0.1, 0.15) is 0 Å². The Kier molecular flexibility index (Phi) is 5.72. The molecule has 0 aliphatic carbocycles. The molecular formula is C10H22N2O2. The van der Waals surface area contributed by atoms with Crippen molar-refractivity contribution in [1.82, 2.24) is 5.32 Å². The lowest BCUT2D eigenvalue weighted by molar-refractivity contribution is -0.124. The fourth-order valence-corrected chi connectivity index (χ4v) is 1.19. The molecule has 3 N–H and O–H groups in total. The summed E-state index contributed by atoms with van der Waals surface area (Å²) in [7, 11) is 0. The van der Waals surface area contributed by atoms with Gasteiger partial charge in [0.25, 0.3) is 0 Å². The number of rotatable bonds is 7. The third-order valence-corrected chi connectivity index (χ3v) is 2.16. The maximum Gasteiger partial charge on any atom is 0.237 e. The first-order chi connectivity index (χ1) is 6.42. The van der Waals surface area contributed by atoms with Crippen molar-refractivity contribution in [2.75, 3.05) is 13.2 Å². The number of carbonyl (C=O) groups is 1. The fraction of sp³-hybridized carbons (Fsp3) is 0.900. The first-order valence-electron chi connectivity index (χ1n) is 5.09. The number of hydrogen-bond acceptors (Lipinski definition) is 3. The molecule has 0 bridgehead atoms. The predicted octanol–water partition coefficient (Wildman–Crippen LogP) is 0.655. The summed E-state index contributed by atoms with van der Waals surface area (Å²) in [6.45, 7) is 8.96. The maximum atomic E-state index is 11.2. The summed E-state index contributed by atoms with van der Waals surface area (Å²) >= 11 is 0. The number of nitrogens with one attached hydrogen (secondary N) is 1. The minimum absolute atomic E-state index is 0.189. The summed E-state index contributed by atoms with van der Waals surface area (Å²) in [5.74, 6) is -0.327. The molecule has 4 heteroatoms. The van der Waals surface area contributed by atoms with Crippen LogP contribution in [-0.4, -0.2) is 30.7 Å². The van der Waals surface area contributed by atoms with Crippen LogP contribution < -0.4 is 11.1 Å². The quantitative estimate of drug-likeness (QED) is 0.637. The largest absolute Gasteiger partial charge is 0.379 e. The lowest BCUT2D eigenvalue weighted by Crippen LogP contribution is -2.53. The Labute approximate surface area is 86.2 Å². The number of ether oxygens (including phenoxy) is 1. The second-order valence-electron chi connectivity index (χ2n) is 3.90. The SMILES string of the molecule is CCNC(C)(CCOC(C)C)C(N)=O. The summed E-state index contributed by atoms with van der Waals surface area (Å²) in [6, 6.07) is 0. The molecule has 0 saturated carbocycles. The van der Waals surface area contributed by atoms with E-state index in [-0.39, 0.29) is 12.0 Å². The van der Waals surface area contributed by atoms with Crippen molar-refractivity contribution in [3.05, 3.63) is 0 Å². The van der Waals surface area contributed by atoms with E-state index in [9.17, 15) is 4.79 Å². The highest BCUT2D eigenvalue weighted by molar-refractivity contribution is 5.84. The standard InChI is InChI=1S/C10H22N2O2/c1-5-12-10(4,9(11)13)6-7-14-8(2)3/h8,12H,5-7H2,1-4H3,(H2,11,13). The normalized spacial score (nSPS) is 15.5. The molecule has 1 atom stereocenters. The van der Waals surface area contributed by atoms with Crippen LogP contribution in [0.4, 0.5) is 0 Å². The average Bonchev–Trinajstić information content (AvgIpc) is 2.03. The lowest BCUT2D eigenvalue weighted by Gasteiger charge is -2.27. The van der Waals surface area contributed by atoms with Gasteiger partial charge < -0.3 is 15.8 Å². The van der Waals surface area contributed by atoms with E-state index in [1.165, 1.54) is 0 Å². The van der Waals surface area contributed by atoms with Crippen molar-refractivity contribution >= 4 is 5.91 Å². The highest BCUT2D eigenvalue weighted by Gasteiger charge is 2.29. The maximum absolute atomic E-state index is 11.2. The second kappa shape index (κ2) is 5.98. The van der Waals surface area contributed by atoms with Crippen LogP contribution in [0.2, 0.25) is 0 Å². The van der Waals surface area contributed by atoms with Gasteiger partial charge in [0.15, 0.2) is 0 Å². The predicted molar refractivity (Wildman–Crippen MR) is 57.0 cm³/mol. The van der Waals surface area contributed by atoms with Crippen LogP contribution in [0.15, 0.2) is 0 Å². The zero-order chi connectivity index (χ0) is 11.2. The summed E-state index contributed by atoms with van der Waals surface area (Å²) in [5, 5.41) is 3.08. The number of nitrogens with two attached hydrogens (primary N) is 1. The van der Waals surface area contributed by atoms with Crippen LogP contribution in [0.3, 0.4) is 0 Å². The molecule has 0 saturated heterocycles. The zero-order valence-electron chi connectivity index (χ0n) is 9.59. The van der Waals surface area contributed by atoms with Crippen LogP contribution in [0.1, 0.15) is 34.1 Å². The molecule has 0 fully saturated rings. The summed E-state index contributed by atoms with van der Waals surface area (Å²) in [6.07, 6.45) is 0.794. The van der Waals surface area contributed by atoms with Crippen molar-refractivity contribution in [3.63, 3.8) is 0 Å². The van der Waals surface area contributed by atoms with Crippen LogP contribution in [0.25, 0.3) is 0 Å². The Balaban J connectivity index is 4.03. The molecule has 84 valence electrons. The van der Waals surface area contributed by atoms with E-state index in [1.807, 2.05) is 27.7 Å². The molecular weight excluding hydrogens is 180 g/mol. The van der Waals surface area contributed by atoms with E-state index in [1.54, 1.807) is 0 Å². The molecule has 0 aliphatic rings. The van der Waals surface area contributed by atoms with Gasteiger partial charge in [-0.2, -0.15) is 0 Å². The molecule has 1 amide bonds. The Morgan fingerprint density at radius 1 is 1.57 bits per heavy atom. The number of hydrogen-bond donors (Lipinski definition) is 2. The van der Waals surface area contributed by atoms with E-state index in [0.29, 0.717) is 13.0 Å². The highest BCUT2D eigenvalue weighted by atomic mass is 16.5. The number of carbonyl (C=O) groups excluding carboxylic acids is 1. The van der Waals surface area contributed by atoms with Crippen molar-refractivity contribution in [1.29, 1.82) is 0 Å². The van der Waals surface area contributed by atoms with Crippen molar-refractivity contribution < 1.29 is 9.53 Å². The molecule has 0 aromatic rings.